The second-order valence-electron chi connectivity index (χ2n) is 5.38. The first kappa shape index (κ1) is 17.6. The summed E-state index contributed by atoms with van der Waals surface area (Å²) in [6.07, 6.45) is 7.56. The largest absolute Gasteiger partial charge is 0.493 e. The van der Waals surface area contributed by atoms with Gasteiger partial charge < -0.3 is 14.8 Å². The van der Waals surface area contributed by atoms with Crippen molar-refractivity contribution in [3.8, 4) is 11.5 Å². The van der Waals surface area contributed by atoms with Crippen LogP contribution in [0.3, 0.4) is 0 Å². The van der Waals surface area contributed by atoms with E-state index < -0.39 is 0 Å². The van der Waals surface area contributed by atoms with E-state index in [0.717, 1.165) is 36.1 Å². The van der Waals surface area contributed by atoms with Gasteiger partial charge in [0, 0.05) is 0 Å². The van der Waals surface area contributed by atoms with Gasteiger partial charge in [0.1, 0.15) is 0 Å². The number of rotatable bonds is 10. The number of hydrogen-bond acceptors (Lipinski definition) is 2. The molecule has 0 aliphatic heterocycles. The van der Waals surface area contributed by atoms with Crippen LogP contribution < -0.4 is 14.8 Å². The summed E-state index contributed by atoms with van der Waals surface area (Å²) in [7, 11) is 1.68. The van der Waals surface area contributed by atoms with Crippen LogP contribution in [0.1, 0.15) is 45.6 Å². The molecule has 0 heterocycles. The molecule has 0 saturated carbocycles. The fourth-order valence-electron chi connectivity index (χ4n) is 2.10. The molecule has 1 aromatic rings. The van der Waals surface area contributed by atoms with E-state index in [1.165, 1.54) is 19.4 Å². The van der Waals surface area contributed by atoms with Crippen LogP contribution in [0.2, 0.25) is 0 Å². The van der Waals surface area contributed by atoms with Crippen LogP contribution in [0.4, 0.5) is 0 Å². The van der Waals surface area contributed by atoms with Crippen LogP contribution in [-0.2, 0) is 0 Å². The van der Waals surface area contributed by atoms with Gasteiger partial charge in [0.15, 0.2) is 11.5 Å². The van der Waals surface area contributed by atoms with Crippen molar-refractivity contribution in [1.29, 1.82) is 0 Å². The molecular formula is C18H30NO2+. The number of unbranched alkanes of at least 4 members (excludes halogenated alkanes) is 1. The number of ether oxygens (including phenoxy) is 2. The highest BCUT2D eigenvalue weighted by Crippen LogP contribution is 2.28. The minimum absolute atomic E-state index is 0.727. The van der Waals surface area contributed by atoms with Crippen LogP contribution in [0.25, 0.3) is 6.08 Å². The summed E-state index contributed by atoms with van der Waals surface area (Å²) < 4.78 is 11.2. The van der Waals surface area contributed by atoms with Crippen molar-refractivity contribution in [3.05, 3.63) is 29.8 Å². The van der Waals surface area contributed by atoms with E-state index in [9.17, 15) is 0 Å². The summed E-state index contributed by atoms with van der Waals surface area (Å²) in [5.74, 6) is 1.63. The van der Waals surface area contributed by atoms with E-state index >= 15 is 0 Å². The van der Waals surface area contributed by atoms with Gasteiger partial charge in [-0.15, -0.1) is 0 Å². The van der Waals surface area contributed by atoms with Crippen molar-refractivity contribution in [3.63, 3.8) is 0 Å². The van der Waals surface area contributed by atoms with Gasteiger partial charge in [0.25, 0.3) is 0 Å². The molecule has 0 saturated heterocycles. The predicted molar refractivity (Wildman–Crippen MR) is 89.0 cm³/mol. The lowest BCUT2D eigenvalue weighted by atomic mass is 10.2. The van der Waals surface area contributed by atoms with E-state index in [-0.39, 0.29) is 0 Å². The monoisotopic (exact) mass is 292 g/mol. The van der Waals surface area contributed by atoms with Crippen LogP contribution >= 0.6 is 0 Å². The molecule has 0 bridgehead atoms. The van der Waals surface area contributed by atoms with Gasteiger partial charge >= 0.3 is 0 Å². The zero-order chi connectivity index (χ0) is 15.5. The molecule has 0 radical (unpaired) electrons. The topological polar surface area (TPSA) is 35.1 Å². The molecule has 0 aliphatic rings. The van der Waals surface area contributed by atoms with Gasteiger partial charge in [0.05, 0.1) is 26.3 Å². The maximum Gasteiger partial charge on any atom is 0.161 e. The molecule has 1 aromatic carbocycles. The zero-order valence-corrected chi connectivity index (χ0v) is 13.9. The first-order chi connectivity index (χ1) is 10.2. The molecular weight excluding hydrogens is 262 g/mol. The van der Waals surface area contributed by atoms with Crippen LogP contribution in [0.15, 0.2) is 24.3 Å². The van der Waals surface area contributed by atoms with E-state index in [4.69, 9.17) is 9.47 Å². The number of allylic oxidation sites excluding steroid dienone is 1. The predicted octanol–water partition coefficient (Wildman–Crippen LogP) is 3.25. The van der Waals surface area contributed by atoms with Crippen molar-refractivity contribution in [1.82, 2.24) is 0 Å². The quantitative estimate of drug-likeness (QED) is 0.672. The van der Waals surface area contributed by atoms with Crippen LogP contribution in [0, 0.1) is 0 Å². The van der Waals surface area contributed by atoms with Gasteiger partial charge in [-0.05, 0) is 50.8 Å². The minimum Gasteiger partial charge on any atom is -0.493 e. The van der Waals surface area contributed by atoms with Crippen molar-refractivity contribution >= 4 is 6.08 Å². The average Bonchev–Trinajstić information content (AvgIpc) is 2.51. The van der Waals surface area contributed by atoms with Crippen molar-refractivity contribution in [2.24, 2.45) is 0 Å². The zero-order valence-electron chi connectivity index (χ0n) is 13.9. The molecule has 0 unspecified atom stereocenters. The van der Waals surface area contributed by atoms with Gasteiger partial charge in [0.2, 0.25) is 0 Å². The molecule has 3 nitrogen and oxygen atoms in total. The fourth-order valence-corrected chi connectivity index (χ4v) is 2.10. The third kappa shape index (κ3) is 6.67. The molecule has 1 rings (SSSR count). The molecule has 0 spiro atoms. The Morgan fingerprint density at radius 2 is 2.05 bits per heavy atom. The molecule has 0 fully saturated rings. The van der Waals surface area contributed by atoms with E-state index in [1.807, 2.05) is 25.1 Å². The summed E-state index contributed by atoms with van der Waals surface area (Å²) in [4.78, 5) is 0. The van der Waals surface area contributed by atoms with E-state index in [2.05, 4.69) is 31.3 Å². The summed E-state index contributed by atoms with van der Waals surface area (Å²) in [6, 6.07) is 6.77. The van der Waals surface area contributed by atoms with Crippen molar-refractivity contribution in [2.75, 3.05) is 20.3 Å². The Hall–Kier alpha value is -1.48. The van der Waals surface area contributed by atoms with Gasteiger partial charge in [-0.3, -0.25) is 0 Å². The third-order valence-electron chi connectivity index (χ3n) is 3.62. The summed E-state index contributed by atoms with van der Waals surface area (Å²) in [5.41, 5.74) is 1.13. The Bertz CT molecular complexity index is 429. The highest BCUT2D eigenvalue weighted by molar-refractivity contribution is 5.55. The normalized spacial score (nSPS) is 12.6. The molecule has 1 atom stereocenters. The summed E-state index contributed by atoms with van der Waals surface area (Å²) >= 11 is 0. The summed E-state index contributed by atoms with van der Waals surface area (Å²) in [6.45, 7) is 8.43. The van der Waals surface area contributed by atoms with Gasteiger partial charge in [-0.25, -0.2) is 0 Å². The minimum atomic E-state index is 0.727. The van der Waals surface area contributed by atoms with Crippen molar-refractivity contribution < 1.29 is 14.8 Å². The second kappa shape index (κ2) is 10.3. The third-order valence-corrected chi connectivity index (χ3v) is 3.62. The second-order valence-corrected chi connectivity index (χ2v) is 5.38. The standard InChI is InChI=1S/C18H29NO2/c1-5-9-16-10-11-17(18(14-16)20-4)21-13-8-7-12-19-15(3)6-2/h5,9-11,14-15,19H,6-8,12-13H2,1-4H3/p+1/b9-5+/t15-/m0/s1. The number of hydrogen-bond donors (Lipinski definition) is 1. The van der Waals surface area contributed by atoms with Crippen LogP contribution in [0.5, 0.6) is 11.5 Å². The Balaban J connectivity index is 2.34. The highest BCUT2D eigenvalue weighted by atomic mass is 16.5. The van der Waals surface area contributed by atoms with Crippen molar-refractivity contribution in [2.45, 2.75) is 46.1 Å². The lowest BCUT2D eigenvalue weighted by molar-refractivity contribution is -0.686. The molecule has 0 aliphatic carbocycles. The lowest BCUT2D eigenvalue weighted by Gasteiger charge is -2.12. The van der Waals surface area contributed by atoms with E-state index in [1.54, 1.807) is 7.11 Å². The molecule has 0 amide bonds. The Morgan fingerprint density at radius 3 is 2.71 bits per heavy atom. The lowest BCUT2D eigenvalue weighted by Crippen LogP contribution is -2.89. The molecule has 21 heavy (non-hydrogen) atoms. The van der Waals surface area contributed by atoms with Gasteiger partial charge in [-0.1, -0.05) is 25.1 Å². The number of benzene rings is 1. The van der Waals surface area contributed by atoms with E-state index in [0.29, 0.717) is 0 Å². The number of methoxy groups -OCH3 is 1. The maximum atomic E-state index is 5.83. The smallest absolute Gasteiger partial charge is 0.161 e. The number of quaternary nitrogens is 1. The Morgan fingerprint density at radius 1 is 1.24 bits per heavy atom. The highest BCUT2D eigenvalue weighted by Gasteiger charge is 2.05. The maximum absolute atomic E-state index is 5.83. The molecule has 118 valence electrons. The molecule has 2 N–H and O–H groups in total. The molecule has 3 heteroatoms. The Labute approximate surface area is 129 Å². The number of nitrogens with two attached hydrogens (primary N) is 1. The SMILES string of the molecule is C/C=C/c1ccc(OCCCC[NH2+][C@@H](C)CC)c(OC)c1. The van der Waals surface area contributed by atoms with Gasteiger partial charge in [-0.2, -0.15) is 0 Å². The fraction of sp³-hybridized carbons (Fsp3) is 0.556. The summed E-state index contributed by atoms with van der Waals surface area (Å²) in [5, 5.41) is 2.41. The van der Waals surface area contributed by atoms with Crippen LogP contribution in [-0.4, -0.2) is 26.3 Å². The first-order valence-corrected chi connectivity index (χ1v) is 7.98. The Kier molecular flexibility index (Phi) is 8.60. The molecule has 0 aromatic heterocycles. The first-order valence-electron chi connectivity index (χ1n) is 7.98. The average molecular weight is 292 g/mol.